The molecular formula is C19H19N7O. The summed E-state index contributed by atoms with van der Waals surface area (Å²) >= 11 is 0. The first-order valence-electron chi connectivity index (χ1n) is 8.65. The van der Waals surface area contributed by atoms with Gasteiger partial charge in [-0.15, -0.1) is 0 Å². The fraction of sp³-hybridized carbons (Fsp3) is 0.158. The van der Waals surface area contributed by atoms with Crippen LogP contribution < -0.4 is 10.6 Å². The van der Waals surface area contributed by atoms with Gasteiger partial charge in [-0.1, -0.05) is 12.1 Å². The Balaban J connectivity index is 1.26. The number of para-hydroxylation sites is 2. The van der Waals surface area contributed by atoms with Crippen LogP contribution in [-0.2, 0) is 11.3 Å². The normalized spacial score (nSPS) is 10.8. The first-order valence-corrected chi connectivity index (χ1v) is 8.65. The largest absolute Gasteiger partial charge is 0.368 e. The third kappa shape index (κ3) is 3.95. The number of aromatic nitrogens is 5. The minimum atomic E-state index is -0.0596. The molecule has 0 aliphatic heterocycles. The van der Waals surface area contributed by atoms with Crippen LogP contribution in [0.4, 0.5) is 5.82 Å². The number of carbonyl (C=O) groups is 1. The van der Waals surface area contributed by atoms with Crippen molar-refractivity contribution in [1.82, 2.24) is 29.4 Å². The van der Waals surface area contributed by atoms with Crippen LogP contribution in [0.2, 0.25) is 0 Å². The molecule has 0 fully saturated rings. The minimum Gasteiger partial charge on any atom is -0.368 e. The number of hydrogen-bond acceptors (Lipinski definition) is 5. The summed E-state index contributed by atoms with van der Waals surface area (Å²) in [6, 6.07) is 13.5. The van der Waals surface area contributed by atoms with Crippen molar-refractivity contribution >= 4 is 22.8 Å². The number of rotatable bonds is 7. The van der Waals surface area contributed by atoms with E-state index in [4.69, 9.17) is 0 Å². The molecule has 4 rings (SSSR count). The van der Waals surface area contributed by atoms with Gasteiger partial charge in [0.25, 0.3) is 0 Å². The van der Waals surface area contributed by atoms with Gasteiger partial charge in [-0.25, -0.2) is 15.0 Å². The molecule has 3 heterocycles. The van der Waals surface area contributed by atoms with Gasteiger partial charge in [-0.2, -0.15) is 0 Å². The minimum absolute atomic E-state index is 0.0596. The molecule has 0 saturated heterocycles. The monoisotopic (exact) mass is 361 g/mol. The molecule has 0 aliphatic carbocycles. The Kier molecular flexibility index (Phi) is 4.78. The van der Waals surface area contributed by atoms with Crippen LogP contribution in [0, 0.1) is 0 Å². The lowest BCUT2D eigenvalue weighted by molar-refractivity contribution is -0.121. The Hall–Kier alpha value is -3.68. The zero-order chi connectivity index (χ0) is 18.5. The van der Waals surface area contributed by atoms with Crippen LogP contribution in [0.15, 0.2) is 67.5 Å². The average molecular weight is 361 g/mol. The Bertz CT molecular complexity index is 1040. The SMILES string of the molecule is O=C(Cn1cnc2ccccc21)NCCNc1cc(-n2cccc2)ncn1. The Morgan fingerprint density at radius 3 is 2.74 bits per heavy atom. The molecule has 0 bridgehead atoms. The highest BCUT2D eigenvalue weighted by Gasteiger charge is 2.06. The number of hydrogen-bond donors (Lipinski definition) is 2. The van der Waals surface area contributed by atoms with E-state index in [0.717, 1.165) is 16.9 Å². The van der Waals surface area contributed by atoms with E-state index in [1.165, 1.54) is 6.33 Å². The summed E-state index contributed by atoms with van der Waals surface area (Å²) in [6.45, 7) is 1.30. The van der Waals surface area contributed by atoms with Crippen molar-refractivity contribution in [3.8, 4) is 5.82 Å². The molecule has 4 aromatic rings. The molecule has 0 radical (unpaired) electrons. The molecule has 0 spiro atoms. The second-order valence-electron chi connectivity index (χ2n) is 5.99. The molecular weight excluding hydrogens is 342 g/mol. The Morgan fingerprint density at radius 2 is 1.85 bits per heavy atom. The second-order valence-corrected chi connectivity index (χ2v) is 5.99. The number of nitrogens with zero attached hydrogens (tertiary/aromatic N) is 5. The third-order valence-corrected chi connectivity index (χ3v) is 4.12. The van der Waals surface area contributed by atoms with Crippen molar-refractivity contribution in [2.45, 2.75) is 6.54 Å². The smallest absolute Gasteiger partial charge is 0.240 e. The van der Waals surface area contributed by atoms with Gasteiger partial charge in [0.15, 0.2) is 0 Å². The second kappa shape index (κ2) is 7.69. The number of carbonyl (C=O) groups excluding carboxylic acids is 1. The molecule has 2 N–H and O–H groups in total. The van der Waals surface area contributed by atoms with E-state index in [9.17, 15) is 4.79 Å². The maximum Gasteiger partial charge on any atom is 0.240 e. The van der Waals surface area contributed by atoms with Crippen LogP contribution >= 0.6 is 0 Å². The molecule has 27 heavy (non-hydrogen) atoms. The zero-order valence-corrected chi connectivity index (χ0v) is 14.6. The first-order chi connectivity index (χ1) is 13.3. The molecule has 8 nitrogen and oxygen atoms in total. The van der Waals surface area contributed by atoms with Crippen molar-refractivity contribution in [2.75, 3.05) is 18.4 Å². The fourth-order valence-electron chi connectivity index (χ4n) is 2.81. The van der Waals surface area contributed by atoms with E-state index in [1.54, 1.807) is 6.33 Å². The maximum absolute atomic E-state index is 12.2. The van der Waals surface area contributed by atoms with Crippen molar-refractivity contribution in [2.24, 2.45) is 0 Å². The van der Waals surface area contributed by atoms with Gasteiger partial charge in [-0.3, -0.25) is 4.79 Å². The maximum atomic E-state index is 12.2. The number of nitrogens with one attached hydrogen (secondary N) is 2. The molecule has 1 amide bonds. The van der Waals surface area contributed by atoms with Crippen LogP contribution in [0.5, 0.6) is 0 Å². The molecule has 0 aliphatic rings. The molecule has 3 aromatic heterocycles. The summed E-state index contributed by atoms with van der Waals surface area (Å²) in [5.74, 6) is 1.44. The van der Waals surface area contributed by atoms with Crippen LogP contribution in [0.25, 0.3) is 16.9 Å². The van der Waals surface area contributed by atoms with E-state index in [2.05, 4.69) is 25.6 Å². The van der Waals surface area contributed by atoms with Gasteiger partial charge in [-0.05, 0) is 24.3 Å². The summed E-state index contributed by atoms with van der Waals surface area (Å²) in [7, 11) is 0. The zero-order valence-electron chi connectivity index (χ0n) is 14.6. The Labute approximate surface area is 155 Å². The number of imidazole rings is 1. The highest BCUT2D eigenvalue weighted by Crippen LogP contribution is 2.11. The van der Waals surface area contributed by atoms with Crippen LogP contribution in [0.1, 0.15) is 0 Å². The lowest BCUT2D eigenvalue weighted by atomic mass is 10.3. The van der Waals surface area contributed by atoms with Crippen molar-refractivity contribution in [1.29, 1.82) is 0 Å². The van der Waals surface area contributed by atoms with Crippen LogP contribution in [0.3, 0.4) is 0 Å². The predicted molar refractivity (Wildman–Crippen MR) is 103 cm³/mol. The quantitative estimate of drug-likeness (QED) is 0.490. The fourth-order valence-corrected chi connectivity index (χ4v) is 2.81. The average Bonchev–Trinajstić information content (AvgIpc) is 3.36. The van der Waals surface area contributed by atoms with Crippen molar-refractivity contribution in [3.05, 3.63) is 67.5 Å². The van der Waals surface area contributed by atoms with Gasteiger partial charge >= 0.3 is 0 Å². The van der Waals surface area contributed by atoms with Gasteiger partial charge in [0.1, 0.15) is 24.5 Å². The van der Waals surface area contributed by atoms with Crippen molar-refractivity contribution < 1.29 is 4.79 Å². The van der Waals surface area contributed by atoms with E-state index in [0.29, 0.717) is 18.9 Å². The van der Waals surface area contributed by atoms with Crippen LogP contribution in [-0.4, -0.2) is 43.1 Å². The first kappa shape index (κ1) is 16.8. The molecule has 1 aromatic carbocycles. The molecule has 136 valence electrons. The standard InChI is InChI=1S/C19H19N7O/c27-19(12-26-14-24-15-5-1-2-6-16(15)26)21-8-7-20-17-11-18(23-13-22-17)25-9-3-4-10-25/h1-6,9-11,13-14H,7-8,12H2,(H,21,27)(H,20,22,23). The summed E-state index contributed by atoms with van der Waals surface area (Å²) in [4.78, 5) is 24.9. The third-order valence-electron chi connectivity index (χ3n) is 4.12. The predicted octanol–water partition coefficient (Wildman–Crippen LogP) is 1.85. The van der Waals surface area contributed by atoms with Gasteiger partial charge in [0, 0.05) is 31.5 Å². The van der Waals surface area contributed by atoms with E-state index in [1.807, 2.05) is 64.0 Å². The molecule has 0 saturated carbocycles. The molecule has 0 atom stereocenters. The van der Waals surface area contributed by atoms with E-state index < -0.39 is 0 Å². The topological polar surface area (TPSA) is 89.7 Å². The van der Waals surface area contributed by atoms with Crippen molar-refractivity contribution in [3.63, 3.8) is 0 Å². The summed E-state index contributed by atoms with van der Waals surface area (Å²) in [6.07, 6.45) is 7.05. The summed E-state index contributed by atoms with van der Waals surface area (Å²) in [5, 5.41) is 6.09. The molecule has 0 unspecified atom stereocenters. The van der Waals surface area contributed by atoms with E-state index in [-0.39, 0.29) is 12.5 Å². The number of anilines is 1. The van der Waals surface area contributed by atoms with Gasteiger partial charge in [0.05, 0.1) is 17.4 Å². The summed E-state index contributed by atoms with van der Waals surface area (Å²) in [5.41, 5.74) is 1.83. The summed E-state index contributed by atoms with van der Waals surface area (Å²) < 4.78 is 3.75. The number of fused-ring (bicyclic) bond motifs is 1. The Morgan fingerprint density at radius 1 is 1.00 bits per heavy atom. The van der Waals surface area contributed by atoms with Gasteiger partial charge in [0.2, 0.25) is 5.91 Å². The lowest BCUT2D eigenvalue weighted by Gasteiger charge is -2.09. The lowest BCUT2D eigenvalue weighted by Crippen LogP contribution is -2.31. The highest BCUT2D eigenvalue weighted by atomic mass is 16.1. The van der Waals surface area contributed by atoms with E-state index >= 15 is 0 Å². The highest BCUT2D eigenvalue weighted by molar-refractivity contribution is 5.80. The number of benzene rings is 1. The number of amides is 1. The molecule has 8 heteroatoms. The van der Waals surface area contributed by atoms with Gasteiger partial charge < -0.3 is 19.8 Å².